The predicted octanol–water partition coefficient (Wildman–Crippen LogP) is 3.77. The van der Waals surface area contributed by atoms with Crippen molar-refractivity contribution >= 4 is 23.5 Å². The predicted molar refractivity (Wildman–Crippen MR) is 103 cm³/mol. The summed E-state index contributed by atoms with van der Waals surface area (Å²) < 4.78 is 16.4. The lowest BCUT2D eigenvalue weighted by Gasteiger charge is -2.07. The number of halogens is 1. The lowest BCUT2D eigenvalue weighted by Crippen LogP contribution is -2.15. The molecule has 1 heterocycles. The minimum Gasteiger partial charge on any atom is -0.495 e. The number of rotatable bonds is 5. The zero-order valence-electron chi connectivity index (χ0n) is 15.4. The van der Waals surface area contributed by atoms with E-state index in [4.69, 9.17) is 25.8 Å². The lowest BCUT2D eigenvalue weighted by molar-refractivity contribution is 0.0549. The van der Waals surface area contributed by atoms with Crippen LogP contribution in [0.15, 0.2) is 48.5 Å². The molecule has 2 aromatic carbocycles. The number of benzene rings is 2. The Hall–Kier alpha value is -3.32. The van der Waals surface area contributed by atoms with Gasteiger partial charge in [-0.3, -0.25) is 0 Å². The smallest absolute Gasteiger partial charge is 0.357 e. The second-order valence-electron chi connectivity index (χ2n) is 5.65. The number of nitrogens with zero attached hydrogens (tertiary/aromatic N) is 2. The number of methoxy groups -OCH3 is 3. The van der Waals surface area contributed by atoms with E-state index < -0.39 is 11.9 Å². The fraction of sp³-hybridized carbons (Fsp3) is 0.150. The first-order valence-corrected chi connectivity index (χ1v) is 8.58. The Morgan fingerprint density at radius 3 is 2.25 bits per heavy atom. The van der Waals surface area contributed by atoms with Crippen LogP contribution < -0.4 is 4.74 Å². The van der Waals surface area contributed by atoms with Gasteiger partial charge in [-0.05, 0) is 24.3 Å². The average molecular weight is 401 g/mol. The molecule has 0 atom stereocenters. The summed E-state index contributed by atoms with van der Waals surface area (Å²) in [6.07, 6.45) is 0. The maximum Gasteiger partial charge on any atom is 0.357 e. The number of hydrogen-bond acceptors (Lipinski definition) is 6. The third-order valence-electron chi connectivity index (χ3n) is 4.08. The SMILES string of the molecule is COC(=O)c1c(-c2ccc(Cl)c(OC)c2)nn(-c2ccccc2)c1C(=O)OC. The molecule has 0 aliphatic carbocycles. The van der Waals surface area contributed by atoms with Gasteiger partial charge >= 0.3 is 11.9 Å². The molecule has 8 heteroatoms. The maximum absolute atomic E-state index is 12.6. The molecule has 0 aliphatic heterocycles. The van der Waals surface area contributed by atoms with E-state index in [1.54, 1.807) is 42.5 Å². The van der Waals surface area contributed by atoms with Crippen molar-refractivity contribution in [3.05, 3.63) is 64.8 Å². The average Bonchev–Trinajstić information content (AvgIpc) is 3.14. The van der Waals surface area contributed by atoms with E-state index in [0.29, 0.717) is 22.0 Å². The minimum atomic E-state index is -0.719. The van der Waals surface area contributed by atoms with Gasteiger partial charge in [-0.15, -0.1) is 0 Å². The Balaban J connectivity index is 2.35. The number of hydrogen-bond donors (Lipinski definition) is 0. The fourth-order valence-electron chi connectivity index (χ4n) is 2.76. The van der Waals surface area contributed by atoms with E-state index >= 15 is 0 Å². The molecule has 0 unspecified atom stereocenters. The molecule has 0 saturated carbocycles. The summed E-state index contributed by atoms with van der Waals surface area (Å²) in [6.45, 7) is 0. The Labute approximate surface area is 166 Å². The maximum atomic E-state index is 12.6. The summed E-state index contributed by atoms with van der Waals surface area (Å²) in [6, 6.07) is 13.9. The van der Waals surface area contributed by atoms with Crippen molar-refractivity contribution in [1.29, 1.82) is 0 Å². The molecule has 0 saturated heterocycles. The van der Waals surface area contributed by atoms with Crippen molar-refractivity contribution in [3.8, 4) is 22.7 Å². The summed E-state index contributed by atoms with van der Waals surface area (Å²) in [5, 5.41) is 4.91. The number of ether oxygens (including phenoxy) is 3. The van der Waals surface area contributed by atoms with Gasteiger partial charge in [-0.1, -0.05) is 35.9 Å². The topological polar surface area (TPSA) is 79.7 Å². The van der Waals surface area contributed by atoms with Crippen molar-refractivity contribution in [2.45, 2.75) is 0 Å². The number of carbonyl (C=O) groups excluding carboxylic acids is 2. The third kappa shape index (κ3) is 3.44. The quantitative estimate of drug-likeness (QED) is 0.606. The van der Waals surface area contributed by atoms with Gasteiger partial charge < -0.3 is 14.2 Å². The molecule has 7 nitrogen and oxygen atoms in total. The van der Waals surface area contributed by atoms with Gasteiger partial charge in [0, 0.05) is 5.56 Å². The van der Waals surface area contributed by atoms with Gasteiger partial charge in [-0.25, -0.2) is 14.3 Å². The molecule has 0 bridgehead atoms. The molecule has 0 amide bonds. The first-order valence-electron chi connectivity index (χ1n) is 8.20. The molecule has 1 aromatic heterocycles. The van der Waals surface area contributed by atoms with E-state index in [2.05, 4.69) is 5.10 Å². The monoisotopic (exact) mass is 400 g/mol. The van der Waals surface area contributed by atoms with Crippen LogP contribution in [0.1, 0.15) is 20.8 Å². The molecule has 144 valence electrons. The van der Waals surface area contributed by atoms with Gasteiger partial charge in [0.15, 0.2) is 5.69 Å². The highest BCUT2D eigenvalue weighted by molar-refractivity contribution is 6.32. The van der Waals surface area contributed by atoms with Crippen LogP contribution in [0.5, 0.6) is 5.75 Å². The number of aromatic nitrogens is 2. The minimum absolute atomic E-state index is 0.0115. The van der Waals surface area contributed by atoms with Crippen molar-refractivity contribution in [3.63, 3.8) is 0 Å². The molecular formula is C20H17ClN2O5. The van der Waals surface area contributed by atoms with Crippen molar-refractivity contribution in [2.75, 3.05) is 21.3 Å². The van der Waals surface area contributed by atoms with Crippen molar-refractivity contribution in [2.24, 2.45) is 0 Å². The van der Waals surface area contributed by atoms with E-state index in [1.165, 1.54) is 26.0 Å². The van der Waals surface area contributed by atoms with E-state index in [9.17, 15) is 9.59 Å². The van der Waals surface area contributed by atoms with Crippen LogP contribution in [0.2, 0.25) is 5.02 Å². The summed E-state index contributed by atoms with van der Waals surface area (Å²) in [5.41, 5.74) is 1.31. The van der Waals surface area contributed by atoms with E-state index in [-0.39, 0.29) is 17.0 Å². The highest BCUT2D eigenvalue weighted by atomic mass is 35.5. The van der Waals surface area contributed by atoms with E-state index in [1.807, 2.05) is 6.07 Å². The first kappa shape index (κ1) is 19.4. The van der Waals surface area contributed by atoms with Gasteiger partial charge in [0.2, 0.25) is 0 Å². The Morgan fingerprint density at radius 2 is 1.64 bits per heavy atom. The Kier molecular flexibility index (Phi) is 5.65. The molecule has 0 spiro atoms. The van der Waals surface area contributed by atoms with E-state index in [0.717, 1.165) is 0 Å². The van der Waals surface area contributed by atoms with Crippen molar-refractivity contribution < 1.29 is 23.8 Å². The van der Waals surface area contributed by atoms with Crippen LogP contribution >= 0.6 is 11.6 Å². The first-order chi connectivity index (χ1) is 13.5. The zero-order chi connectivity index (χ0) is 20.3. The number of esters is 2. The number of carbonyl (C=O) groups is 2. The molecule has 3 aromatic rings. The largest absolute Gasteiger partial charge is 0.495 e. The standard InChI is InChI=1S/C20H17ClN2O5/c1-26-15-11-12(9-10-14(15)21)17-16(19(24)27-2)18(20(25)28-3)23(22-17)13-7-5-4-6-8-13/h4-11H,1-3H3. The molecule has 0 N–H and O–H groups in total. The highest BCUT2D eigenvalue weighted by Gasteiger charge is 2.31. The van der Waals surface area contributed by atoms with Crippen LogP contribution in [0.25, 0.3) is 16.9 Å². The Bertz CT molecular complexity index is 1030. The molecule has 0 radical (unpaired) electrons. The highest BCUT2D eigenvalue weighted by Crippen LogP contribution is 2.34. The van der Waals surface area contributed by atoms with Gasteiger partial charge in [0.25, 0.3) is 0 Å². The van der Waals surface area contributed by atoms with Crippen LogP contribution in [0.3, 0.4) is 0 Å². The normalized spacial score (nSPS) is 10.4. The molecule has 0 aliphatic rings. The summed E-state index contributed by atoms with van der Waals surface area (Å²) >= 11 is 6.10. The van der Waals surface area contributed by atoms with Crippen LogP contribution in [-0.4, -0.2) is 43.0 Å². The summed E-state index contributed by atoms with van der Waals surface area (Å²) in [4.78, 5) is 25.1. The molecular weight excluding hydrogens is 384 g/mol. The lowest BCUT2D eigenvalue weighted by atomic mass is 10.1. The molecule has 28 heavy (non-hydrogen) atoms. The summed E-state index contributed by atoms with van der Waals surface area (Å²) in [7, 11) is 3.95. The van der Waals surface area contributed by atoms with Crippen LogP contribution in [0.4, 0.5) is 0 Å². The zero-order valence-corrected chi connectivity index (χ0v) is 16.2. The van der Waals surface area contributed by atoms with Gasteiger partial charge in [0.1, 0.15) is 17.0 Å². The molecule has 0 fully saturated rings. The summed E-state index contributed by atoms with van der Waals surface area (Å²) in [5.74, 6) is -1.03. The van der Waals surface area contributed by atoms with Crippen LogP contribution in [-0.2, 0) is 9.47 Å². The van der Waals surface area contributed by atoms with Gasteiger partial charge in [0.05, 0.1) is 32.0 Å². The second-order valence-corrected chi connectivity index (χ2v) is 6.06. The molecule has 3 rings (SSSR count). The Morgan fingerprint density at radius 1 is 0.964 bits per heavy atom. The van der Waals surface area contributed by atoms with Crippen LogP contribution in [0, 0.1) is 0 Å². The van der Waals surface area contributed by atoms with Crippen molar-refractivity contribution in [1.82, 2.24) is 9.78 Å². The third-order valence-corrected chi connectivity index (χ3v) is 4.39. The fourth-order valence-corrected chi connectivity index (χ4v) is 2.96. The second kappa shape index (κ2) is 8.14. The number of para-hydroxylation sites is 1. The van der Waals surface area contributed by atoms with Gasteiger partial charge in [-0.2, -0.15) is 5.10 Å².